The molecule has 1 amide bonds. The topological polar surface area (TPSA) is 69.0 Å². The second-order valence-corrected chi connectivity index (χ2v) is 8.42. The molecule has 0 bridgehead atoms. The van der Waals surface area contributed by atoms with Crippen LogP contribution in [0.25, 0.3) is 11.4 Å². The highest BCUT2D eigenvalue weighted by Crippen LogP contribution is 2.26. The minimum atomic E-state index is -0.0114. The Labute approximate surface area is 169 Å². The van der Waals surface area contributed by atoms with Crippen LogP contribution in [-0.2, 0) is 16.1 Å². The molecule has 0 saturated carbocycles. The van der Waals surface area contributed by atoms with Gasteiger partial charge in [0.15, 0.2) is 11.0 Å². The lowest BCUT2D eigenvalue weighted by Crippen LogP contribution is -2.33. The maximum absolute atomic E-state index is 12.2. The Balaban J connectivity index is 1.65. The van der Waals surface area contributed by atoms with Crippen molar-refractivity contribution in [2.75, 3.05) is 18.9 Å². The summed E-state index contributed by atoms with van der Waals surface area (Å²) in [4.78, 5) is 12.2. The van der Waals surface area contributed by atoms with Crippen molar-refractivity contribution >= 4 is 29.3 Å². The van der Waals surface area contributed by atoms with E-state index in [1.165, 1.54) is 11.8 Å². The highest BCUT2D eigenvalue weighted by Gasteiger charge is 2.18. The molecule has 146 valence electrons. The monoisotopic (exact) mass is 408 g/mol. The summed E-state index contributed by atoms with van der Waals surface area (Å²) in [5.74, 6) is 1.52. The molecule has 1 aliphatic rings. The van der Waals surface area contributed by atoms with Gasteiger partial charge in [0.2, 0.25) is 5.91 Å². The zero-order chi connectivity index (χ0) is 19.2. The van der Waals surface area contributed by atoms with Crippen LogP contribution in [0, 0.1) is 5.92 Å². The van der Waals surface area contributed by atoms with Crippen molar-refractivity contribution in [2.24, 2.45) is 5.92 Å². The summed E-state index contributed by atoms with van der Waals surface area (Å²) < 4.78 is 7.61. The number of nitrogens with zero attached hydrogens (tertiary/aromatic N) is 3. The van der Waals surface area contributed by atoms with Crippen molar-refractivity contribution in [1.29, 1.82) is 0 Å². The van der Waals surface area contributed by atoms with Gasteiger partial charge in [0, 0.05) is 30.3 Å². The first-order valence-corrected chi connectivity index (χ1v) is 10.6. The van der Waals surface area contributed by atoms with Gasteiger partial charge in [-0.25, -0.2) is 0 Å². The number of hydrogen-bond acceptors (Lipinski definition) is 5. The van der Waals surface area contributed by atoms with Crippen LogP contribution in [0.15, 0.2) is 29.4 Å². The van der Waals surface area contributed by atoms with E-state index in [-0.39, 0.29) is 12.0 Å². The Morgan fingerprint density at radius 2 is 2.15 bits per heavy atom. The van der Waals surface area contributed by atoms with E-state index in [9.17, 15) is 4.79 Å². The molecule has 0 aliphatic carbocycles. The Hall–Kier alpha value is -1.57. The molecule has 0 radical (unpaired) electrons. The van der Waals surface area contributed by atoms with Gasteiger partial charge >= 0.3 is 0 Å². The number of halogens is 1. The fourth-order valence-corrected chi connectivity index (χ4v) is 3.86. The predicted octanol–water partition coefficient (Wildman–Crippen LogP) is 3.64. The third kappa shape index (κ3) is 5.70. The first kappa shape index (κ1) is 20.2. The number of amides is 1. The number of aromatic nitrogens is 3. The Bertz CT molecular complexity index is 758. The summed E-state index contributed by atoms with van der Waals surface area (Å²) >= 11 is 7.40. The second kappa shape index (κ2) is 9.57. The molecule has 1 fully saturated rings. The third-order valence-corrected chi connectivity index (χ3v) is 5.47. The molecule has 8 heteroatoms. The van der Waals surface area contributed by atoms with Gasteiger partial charge in [-0.05, 0) is 43.0 Å². The largest absolute Gasteiger partial charge is 0.376 e. The van der Waals surface area contributed by atoms with Crippen molar-refractivity contribution in [3.63, 3.8) is 0 Å². The number of hydrogen-bond donors (Lipinski definition) is 1. The fraction of sp³-hybridized carbons (Fsp3) is 0.526. The summed E-state index contributed by atoms with van der Waals surface area (Å²) in [6, 6.07) is 7.56. The van der Waals surface area contributed by atoms with Crippen LogP contribution in [0.5, 0.6) is 0 Å². The van der Waals surface area contributed by atoms with Gasteiger partial charge < -0.3 is 14.6 Å². The first-order chi connectivity index (χ1) is 13.0. The molecule has 27 heavy (non-hydrogen) atoms. The van der Waals surface area contributed by atoms with E-state index in [4.69, 9.17) is 16.3 Å². The zero-order valence-corrected chi connectivity index (χ0v) is 17.2. The van der Waals surface area contributed by atoms with Crippen molar-refractivity contribution in [3.05, 3.63) is 29.3 Å². The Morgan fingerprint density at radius 3 is 2.81 bits per heavy atom. The standard InChI is InChI=1S/C19H25ClN4O2S/c1-13(2)11-24-18(14-5-7-15(20)8-6-14)22-23-19(24)27-12-17(25)21-10-16-4-3-9-26-16/h5-8,13,16H,3-4,9-12H2,1-2H3,(H,21,25)/t16-/m0/s1. The first-order valence-electron chi connectivity index (χ1n) is 9.23. The maximum atomic E-state index is 12.2. The van der Waals surface area contributed by atoms with Gasteiger partial charge in [0.1, 0.15) is 0 Å². The molecule has 0 unspecified atom stereocenters. The van der Waals surface area contributed by atoms with Gasteiger partial charge in [0.25, 0.3) is 0 Å². The quantitative estimate of drug-likeness (QED) is 0.675. The van der Waals surface area contributed by atoms with E-state index in [0.717, 1.165) is 42.5 Å². The molecule has 6 nitrogen and oxygen atoms in total. The minimum Gasteiger partial charge on any atom is -0.376 e. The average molecular weight is 409 g/mol. The van der Waals surface area contributed by atoms with E-state index in [1.54, 1.807) is 0 Å². The normalized spacial score (nSPS) is 16.8. The van der Waals surface area contributed by atoms with Gasteiger partial charge in [-0.15, -0.1) is 10.2 Å². The minimum absolute atomic E-state index is 0.0114. The van der Waals surface area contributed by atoms with E-state index in [2.05, 4.69) is 33.9 Å². The predicted molar refractivity (Wildman–Crippen MR) is 108 cm³/mol. The Morgan fingerprint density at radius 1 is 1.37 bits per heavy atom. The number of ether oxygens (including phenoxy) is 1. The molecule has 1 saturated heterocycles. The van der Waals surface area contributed by atoms with Crippen LogP contribution in [-0.4, -0.2) is 45.7 Å². The number of thioether (sulfide) groups is 1. The van der Waals surface area contributed by atoms with Crippen LogP contribution < -0.4 is 5.32 Å². The van der Waals surface area contributed by atoms with Crippen molar-refractivity contribution in [3.8, 4) is 11.4 Å². The summed E-state index contributed by atoms with van der Waals surface area (Å²) in [6.45, 7) is 6.45. The SMILES string of the molecule is CC(C)Cn1c(SCC(=O)NC[C@@H]2CCCO2)nnc1-c1ccc(Cl)cc1. The zero-order valence-electron chi connectivity index (χ0n) is 15.7. The molecule has 2 aromatic rings. The van der Waals surface area contributed by atoms with E-state index >= 15 is 0 Å². The van der Waals surface area contributed by atoms with Crippen LogP contribution in [0.1, 0.15) is 26.7 Å². The Kier molecular flexibility index (Phi) is 7.15. The lowest BCUT2D eigenvalue weighted by molar-refractivity contribution is -0.119. The number of nitrogens with one attached hydrogen (secondary N) is 1. The van der Waals surface area contributed by atoms with E-state index in [1.807, 2.05) is 24.3 Å². The molecule has 1 aliphatic heterocycles. The number of benzene rings is 1. The molecule has 1 N–H and O–H groups in total. The molecule has 3 rings (SSSR count). The fourth-order valence-electron chi connectivity index (χ4n) is 2.95. The lowest BCUT2D eigenvalue weighted by Gasteiger charge is -2.13. The molecule has 1 aromatic carbocycles. The summed E-state index contributed by atoms with van der Waals surface area (Å²) in [5, 5.41) is 13.0. The molecule has 0 spiro atoms. The maximum Gasteiger partial charge on any atom is 0.230 e. The summed E-state index contributed by atoms with van der Waals surface area (Å²) in [6.07, 6.45) is 2.24. The third-order valence-electron chi connectivity index (χ3n) is 4.25. The highest BCUT2D eigenvalue weighted by atomic mass is 35.5. The van der Waals surface area contributed by atoms with Gasteiger partial charge in [-0.2, -0.15) is 0 Å². The van der Waals surface area contributed by atoms with Crippen molar-refractivity contribution in [1.82, 2.24) is 20.1 Å². The average Bonchev–Trinajstić information content (AvgIpc) is 3.29. The lowest BCUT2D eigenvalue weighted by atomic mass is 10.2. The van der Waals surface area contributed by atoms with E-state index in [0.29, 0.717) is 23.2 Å². The van der Waals surface area contributed by atoms with Crippen molar-refractivity contribution < 1.29 is 9.53 Å². The van der Waals surface area contributed by atoms with E-state index < -0.39 is 0 Å². The van der Waals surface area contributed by atoms with Crippen LogP contribution in [0.3, 0.4) is 0 Å². The number of rotatable bonds is 8. The molecule has 1 aromatic heterocycles. The van der Waals surface area contributed by atoms with Gasteiger partial charge in [-0.3, -0.25) is 4.79 Å². The van der Waals surface area contributed by atoms with Crippen LogP contribution in [0.4, 0.5) is 0 Å². The molecular weight excluding hydrogens is 384 g/mol. The highest BCUT2D eigenvalue weighted by molar-refractivity contribution is 7.99. The molecular formula is C19H25ClN4O2S. The molecule has 1 atom stereocenters. The van der Waals surface area contributed by atoms with Crippen molar-refractivity contribution in [2.45, 2.75) is 44.5 Å². The molecule has 2 heterocycles. The number of carbonyl (C=O) groups excluding carboxylic acids is 1. The summed E-state index contributed by atoms with van der Waals surface area (Å²) in [5.41, 5.74) is 0.960. The number of carbonyl (C=O) groups is 1. The smallest absolute Gasteiger partial charge is 0.230 e. The van der Waals surface area contributed by atoms with Gasteiger partial charge in [-0.1, -0.05) is 37.2 Å². The van der Waals surface area contributed by atoms with Gasteiger partial charge in [0.05, 0.1) is 11.9 Å². The van der Waals surface area contributed by atoms with Crippen LogP contribution in [0.2, 0.25) is 5.02 Å². The second-order valence-electron chi connectivity index (χ2n) is 7.05. The van der Waals surface area contributed by atoms with Crippen LogP contribution >= 0.6 is 23.4 Å². The summed E-state index contributed by atoms with van der Waals surface area (Å²) in [7, 11) is 0.